The Morgan fingerprint density at radius 3 is 2.23 bits per heavy atom. The van der Waals surface area contributed by atoms with Crippen molar-refractivity contribution in [2.75, 3.05) is 4.72 Å². The van der Waals surface area contributed by atoms with Crippen LogP contribution in [-0.4, -0.2) is 13.4 Å². The molecule has 1 heterocycles. The molecule has 0 saturated carbocycles. The normalized spacial score (nSPS) is 11.4. The second kappa shape index (κ2) is 8.08. The fourth-order valence-corrected chi connectivity index (χ4v) is 3.94. The molecule has 0 aliphatic rings. The number of sulfonamides is 1. The minimum absolute atomic E-state index is 0.0107. The van der Waals surface area contributed by atoms with Crippen LogP contribution in [0.3, 0.4) is 0 Å². The first-order valence-electron chi connectivity index (χ1n) is 8.99. The van der Waals surface area contributed by atoms with E-state index in [0.717, 1.165) is 11.6 Å². The number of oxazole rings is 1. The summed E-state index contributed by atoms with van der Waals surface area (Å²) in [6.45, 7) is 0. The Bertz CT molecular complexity index is 1270. The maximum atomic E-state index is 14.4. The third kappa shape index (κ3) is 4.23. The fraction of sp³-hybridized carbons (Fsp3) is 0.0455. The van der Waals surface area contributed by atoms with Gasteiger partial charge in [-0.15, -0.1) is 0 Å². The summed E-state index contributed by atoms with van der Waals surface area (Å²) in [6.07, 6.45) is 0.268. The number of hydrogen-bond donors (Lipinski definition) is 1. The van der Waals surface area contributed by atoms with E-state index in [2.05, 4.69) is 9.71 Å². The zero-order chi connectivity index (χ0) is 21.1. The number of nitrogens with one attached hydrogen (secondary N) is 1. The maximum Gasteiger partial charge on any atom is 0.264 e. The zero-order valence-corrected chi connectivity index (χ0v) is 16.4. The second-order valence-electron chi connectivity index (χ2n) is 6.49. The quantitative estimate of drug-likeness (QED) is 0.470. The molecule has 1 N–H and O–H groups in total. The van der Waals surface area contributed by atoms with Crippen LogP contribution in [0.5, 0.6) is 0 Å². The lowest BCUT2D eigenvalue weighted by Gasteiger charge is -2.07. The van der Waals surface area contributed by atoms with E-state index in [9.17, 15) is 17.2 Å². The lowest BCUT2D eigenvalue weighted by molar-refractivity contribution is 0.521. The SMILES string of the molecule is O=S(=O)(Nc1oc(Cc2ccccc2)nc1-c1ccc(F)cc1F)c1ccccc1. The number of rotatable bonds is 6. The molecule has 0 radical (unpaired) electrons. The highest BCUT2D eigenvalue weighted by Crippen LogP contribution is 2.33. The van der Waals surface area contributed by atoms with Crippen molar-refractivity contribution in [1.29, 1.82) is 0 Å². The molecule has 0 bridgehead atoms. The van der Waals surface area contributed by atoms with Gasteiger partial charge in [-0.1, -0.05) is 48.5 Å². The Kier molecular flexibility index (Phi) is 5.33. The molecule has 8 heteroatoms. The topological polar surface area (TPSA) is 72.2 Å². The van der Waals surface area contributed by atoms with Crippen molar-refractivity contribution in [1.82, 2.24) is 4.98 Å². The van der Waals surface area contributed by atoms with Gasteiger partial charge < -0.3 is 4.42 Å². The largest absolute Gasteiger partial charge is 0.423 e. The highest BCUT2D eigenvalue weighted by Gasteiger charge is 2.24. The van der Waals surface area contributed by atoms with Gasteiger partial charge in [-0.25, -0.2) is 26.9 Å². The molecular formula is C22H16F2N2O3S. The standard InChI is InChI=1S/C22H16F2N2O3S/c23-16-11-12-18(19(24)14-16)21-22(26-30(27,28)17-9-5-2-6-10-17)29-20(25-21)13-15-7-3-1-4-8-15/h1-12,14,26H,13H2. The summed E-state index contributed by atoms with van der Waals surface area (Å²) < 4.78 is 61.2. The number of nitrogens with zero attached hydrogens (tertiary/aromatic N) is 1. The first kappa shape index (κ1) is 19.8. The number of aromatic nitrogens is 1. The van der Waals surface area contributed by atoms with Crippen LogP contribution in [0.15, 0.2) is 88.2 Å². The van der Waals surface area contributed by atoms with Gasteiger partial charge in [0.2, 0.25) is 11.8 Å². The monoisotopic (exact) mass is 426 g/mol. The number of benzene rings is 3. The summed E-state index contributed by atoms with van der Waals surface area (Å²) in [5.74, 6) is -1.69. The van der Waals surface area contributed by atoms with Crippen molar-refractivity contribution in [3.05, 3.63) is 102 Å². The van der Waals surface area contributed by atoms with Crippen LogP contribution in [-0.2, 0) is 16.4 Å². The van der Waals surface area contributed by atoms with Gasteiger partial charge in [0.15, 0.2) is 0 Å². The molecule has 4 rings (SSSR count). The van der Waals surface area contributed by atoms with E-state index in [1.165, 1.54) is 18.2 Å². The van der Waals surface area contributed by atoms with Gasteiger partial charge >= 0.3 is 0 Å². The van der Waals surface area contributed by atoms with Crippen LogP contribution in [0, 0.1) is 11.6 Å². The molecule has 0 amide bonds. The molecule has 0 spiro atoms. The molecule has 1 aromatic heterocycles. The van der Waals surface area contributed by atoms with Gasteiger partial charge in [0.1, 0.15) is 17.3 Å². The summed E-state index contributed by atoms with van der Waals surface area (Å²) in [5.41, 5.74) is 0.741. The smallest absolute Gasteiger partial charge is 0.264 e. The molecule has 3 aromatic carbocycles. The van der Waals surface area contributed by atoms with Gasteiger partial charge in [-0.2, -0.15) is 0 Å². The van der Waals surface area contributed by atoms with Crippen LogP contribution in [0.25, 0.3) is 11.3 Å². The van der Waals surface area contributed by atoms with Crippen LogP contribution in [0.4, 0.5) is 14.7 Å². The summed E-state index contributed by atoms with van der Waals surface area (Å²) in [6, 6.07) is 19.9. The van der Waals surface area contributed by atoms with Crippen LogP contribution >= 0.6 is 0 Å². The molecule has 5 nitrogen and oxygen atoms in total. The van der Waals surface area contributed by atoms with Crippen molar-refractivity contribution in [2.45, 2.75) is 11.3 Å². The highest BCUT2D eigenvalue weighted by molar-refractivity contribution is 7.92. The molecule has 0 aliphatic carbocycles. The maximum absolute atomic E-state index is 14.4. The second-order valence-corrected chi connectivity index (χ2v) is 8.17. The summed E-state index contributed by atoms with van der Waals surface area (Å²) in [5, 5.41) is 0. The Morgan fingerprint density at radius 2 is 1.57 bits per heavy atom. The lowest BCUT2D eigenvalue weighted by atomic mass is 10.1. The van der Waals surface area contributed by atoms with E-state index in [1.807, 2.05) is 30.3 Å². The van der Waals surface area contributed by atoms with Gasteiger partial charge in [0, 0.05) is 18.1 Å². The summed E-state index contributed by atoms with van der Waals surface area (Å²) in [7, 11) is -4.00. The molecule has 0 atom stereocenters. The van der Waals surface area contributed by atoms with Gasteiger partial charge in [0.25, 0.3) is 10.0 Å². The summed E-state index contributed by atoms with van der Waals surface area (Å²) >= 11 is 0. The molecule has 0 aliphatic heterocycles. The van der Waals surface area contributed by atoms with E-state index in [0.29, 0.717) is 6.07 Å². The summed E-state index contributed by atoms with van der Waals surface area (Å²) in [4.78, 5) is 4.30. The van der Waals surface area contributed by atoms with E-state index in [-0.39, 0.29) is 34.3 Å². The molecule has 0 unspecified atom stereocenters. The average molecular weight is 426 g/mol. The zero-order valence-electron chi connectivity index (χ0n) is 15.5. The third-order valence-corrected chi connectivity index (χ3v) is 5.68. The van der Waals surface area contributed by atoms with Gasteiger partial charge in [0.05, 0.1) is 4.90 Å². The lowest BCUT2D eigenvalue weighted by Crippen LogP contribution is -2.13. The first-order chi connectivity index (χ1) is 14.4. The number of hydrogen-bond acceptors (Lipinski definition) is 4. The average Bonchev–Trinajstić information content (AvgIpc) is 3.10. The predicted molar refractivity (Wildman–Crippen MR) is 108 cm³/mol. The highest BCUT2D eigenvalue weighted by atomic mass is 32.2. The van der Waals surface area contributed by atoms with Crippen molar-refractivity contribution in [2.24, 2.45) is 0 Å². The molecule has 152 valence electrons. The Hall–Kier alpha value is -3.52. The van der Waals surface area contributed by atoms with E-state index in [4.69, 9.17) is 4.42 Å². The third-order valence-electron chi connectivity index (χ3n) is 4.34. The van der Waals surface area contributed by atoms with Crippen molar-refractivity contribution >= 4 is 15.9 Å². The molecule has 4 aromatic rings. The number of anilines is 1. The predicted octanol–water partition coefficient (Wildman–Crippen LogP) is 5.01. The van der Waals surface area contributed by atoms with Gasteiger partial charge in [-0.05, 0) is 29.8 Å². The minimum Gasteiger partial charge on any atom is -0.423 e. The first-order valence-corrected chi connectivity index (χ1v) is 10.5. The molecule has 0 fully saturated rings. The van der Waals surface area contributed by atoms with Crippen LogP contribution < -0.4 is 4.72 Å². The van der Waals surface area contributed by atoms with E-state index >= 15 is 0 Å². The van der Waals surface area contributed by atoms with Crippen molar-refractivity contribution in [3.8, 4) is 11.3 Å². The number of halogens is 2. The Labute approximate surface area is 172 Å². The minimum atomic E-state index is -4.00. The van der Waals surface area contributed by atoms with Crippen LogP contribution in [0.2, 0.25) is 0 Å². The fourth-order valence-electron chi connectivity index (χ4n) is 2.92. The van der Waals surface area contributed by atoms with Crippen molar-refractivity contribution in [3.63, 3.8) is 0 Å². The Morgan fingerprint density at radius 1 is 0.900 bits per heavy atom. The van der Waals surface area contributed by atoms with Crippen LogP contribution in [0.1, 0.15) is 11.5 Å². The Balaban J connectivity index is 1.77. The molecule has 30 heavy (non-hydrogen) atoms. The molecular weight excluding hydrogens is 410 g/mol. The van der Waals surface area contributed by atoms with Crippen molar-refractivity contribution < 1.29 is 21.6 Å². The van der Waals surface area contributed by atoms with Gasteiger partial charge in [-0.3, -0.25) is 0 Å². The van der Waals surface area contributed by atoms with E-state index in [1.54, 1.807) is 18.2 Å². The van der Waals surface area contributed by atoms with E-state index < -0.39 is 21.7 Å². The molecule has 0 saturated heterocycles.